The van der Waals surface area contributed by atoms with Crippen LogP contribution in [0.1, 0.15) is 40.9 Å². The molecule has 2 atom stereocenters. The highest BCUT2D eigenvalue weighted by Gasteiger charge is 2.27. The molecule has 1 aromatic heterocycles. The van der Waals surface area contributed by atoms with Gasteiger partial charge in [-0.15, -0.1) is 0 Å². The third-order valence-corrected chi connectivity index (χ3v) is 7.79. The molecule has 1 aliphatic heterocycles. The first-order chi connectivity index (χ1) is 18.8. The van der Waals surface area contributed by atoms with Gasteiger partial charge in [-0.2, -0.15) is 0 Å². The molecule has 39 heavy (non-hydrogen) atoms. The lowest BCUT2D eigenvalue weighted by atomic mass is 9.99. The van der Waals surface area contributed by atoms with Crippen LogP contribution in [0.25, 0.3) is 11.1 Å². The lowest BCUT2D eigenvalue weighted by Gasteiger charge is -2.19. The molecule has 0 spiro atoms. The number of nitrogen functional groups attached to an aromatic ring is 1. The molecule has 0 radical (unpaired) electrons. The molecule has 8 heteroatoms. The highest BCUT2D eigenvalue weighted by molar-refractivity contribution is 6.36. The summed E-state index contributed by atoms with van der Waals surface area (Å²) in [5, 5.41) is 0.198. The number of rotatable bonds is 7. The molecule has 1 amide bonds. The van der Waals surface area contributed by atoms with Crippen LogP contribution in [0.15, 0.2) is 79.0 Å². The quantitative estimate of drug-likeness (QED) is 0.235. The van der Waals surface area contributed by atoms with Gasteiger partial charge in [-0.05, 0) is 67.1 Å². The zero-order valence-corrected chi connectivity index (χ0v) is 22.9. The Bertz CT molecular complexity index is 1480. The van der Waals surface area contributed by atoms with Crippen LogP contribution in [0.5, 0.6) is 5.75 Å². The smallest absolute Gasteiger partial charge is 0.253 e. The number of hydrogen-bond donors (Lipinski definition) is 1. The zero-order valence-electron chi connectivity index (χ0n) is 21.4. The maximum Gasteiger partial charge on any atom is 0.253 e. The van der Waals surface area contributed by atoms with Gasteiger partial charge in [-0.25, -0.2) is 9.37 Å². The number of amides is 1. The van der Waals surface area contributed by atoms with Crippen molar-refractivity contribution in [3.8, 4) is 16.9 Å². The zero-order chi connectivity index (χ0) is 27.5. The van der Waals surface area contributed by atoms with Gasteiger partial charge in [0.15, 0.2) is 11.6 Å². The average molecular weight is 564 g/mol. The molecule has 4 aromatic rings. The second-order valence-electron chi connectivity index (χ2n) is 9.80. The molecule has 200 valence electrons. The van der Waals surface area contributed by atoms with Crippen molar-refractivity contribution in [3.63, 3.8) is 0 Å². The number of aromatic nitrogens is 1. The van der Waals surface area contributed by atoms with E-state index < -0.39 is 11.9 Å². The van der Waals surface area contributed by atoms with Crippen molar-refractivity contribution in [2.24, 2.45) is 5.92 Å². The second kappa shape index (κ2) is 11.6. The molecule has 0 saturated carbocycles. The van der Waals surface area contributed by atoms with E-state index in [9.17, 15) is 9.18 Å². The van der Waals surface area contributed by atoms with Gasteiger partial charge in [0.1, 0.15) is 11.9 Å². The van der Waals surface area contributed by atoms with Crippen LogP contribution in [0.2, 0.25) is 10.0 Å². The van der Waals surface area contributed by atoms with Crippen LogP contribution in [0.3, 0.4) is 0 Å². The molecule has 0 aliphatic carbocycles. The number of ether oxygens (including phenoxy) is 1. The molecule has 3 aromatic carbocycles. The highest BCUT2D eigenvalue weighted by atomic mass is 35.5. The Labute approximate surface area is 237 Å². The van der Waals surface area contributed by atoms with Gasteiger partial charge in [0.2, 0.25) is 0 Å². The molecular formula is C31H28Cl2FN3O2. The topological polar surface area (TPSA) is 68.5 Å². The molecule has 0 bridgehead atoms. The van der Waals surface area contributed by atoms with Crippen LogP contribution >= 0.6 is 23.2 Å². The molecule has 2 N–H and O–H groups in total. The van der Waals surface area contributed by atoms with Gasteiger partial charge in [0, 0.05) is 41.0 Å². The van der Waals surface area contributed by atoms with Crippen LogP contribution in [-0.4, -0.2) is 28.9 Å². The summed E-state index contributed by atoms with van der Waals surface area (Å²) in [5.74, 6) is 0.420. The lowest BCUT2D eigenvalue weighted by Crippen LogP contribution is -2.28. The van der Waals surface area contributed by atoms with E-state index in [1.165, 1.54) is 17.7 Å². The fourth-order valence-electron chi connectivity index (χ4n) is 4.99. The summed E-state index contributed by atoms with van der Waals surface area (Å²) in [6.45, 7) is 3.23. The maximum absolute atomic E-state index is 14.0. The highest BCUT2D eigenvalue weighted by Crippen LogP contribution is 2.37. The van der Waals surface area contributed by atoms with E-state index in [-0.39, 0.29) is 16.7 Å². The Balaban J connectivity index is 1.27. The van der Waals surface area contributed by atoms with Crippen molar-refractivity contribution >= 4 is 34.9 Å². The van der Waals surface area contributed by atoms with Crippen molar-refractivity contribution in [1.82, 2.24) is 9.88 Å². The minimum Gasteiger partial charge on any atom is -0.482 e. The van der Waals surface area contributed by atoms with Crippen molar-refractivity contribution in [2.45, 2.75) is 25.9 Å². The number of pyridine rings is 1. The van der Waals surface area contributed by atoms with E-state index in [4.69, 9.17) is 33.7 Å². The molecule has 2 heterocycles. The maximum atomic E-state index is 14.0. The van der Waals surface area contributed by atoms with Crippen molar-refractivity contribution < 1.29 is 13.9 Å². The Morgan fingerprint density at radius 2 is 1.85 bits per heavy atom. The van der Waals surface area contributed by atoms with Crippen LogP contribution < -0.4 is 10.5 Å². The number of hydrogen-bond acceptors (Lipinski definition) is 4. The third-order valence-electron chi connectivity index (χ3n) is 7.08. The fraction of sp³-hybridized carbons (Fsp3) is 0.226. The summed E-state index contributed by atoms with van der Waals surface area (Å²) >= 11 is 12.4. The van der Waals surface area contributed by atoms with E-state index in [0.29, 0.717) is 27.8 Å². The number of halogens is 3. The van der Waals surface area contributed by atoms with E-state index in [1.807, 2.05) is 35.2 Å². The third kappa shape index (κ3) is 6.02. The van der Waals surface area contributed by atoms with E-state index in [2.05, 4.69) is 29.2 Å². The Morgan fingerprint density at radius 1 is 1.10 bits per heavy atom. The first-order valence-electron chi connectivity index (χ1n) is 12.8. The average Bonchev–Trinajstić information content (AvgIpc) is 3.41. The molecular weight excluding hydrogens is 536 g/mol. The summed E-state index contributed by atoms with van der Waals surface area (Å²) in [6.07, 6.45) is 2.95. The van der Waals surface area contributed by atoms with Crippen LogP contribution in [0, 0.1) is 11.7 Å². The normalized spacial score (nSPS) is 15.8. The Kier molecular flexibility index (Phi) is 8.05. The predicted molar refractivity (Wildman–Crippen MR) is 154 cm³/mol. The van der Waals surface area contributed by atoms with Gasteiger partial charge >= 0.3 is 0 Å². The molecule has 5 nitrogen and oxygen atoms in total. The largest absolute Gasteiger partial charge is 0.482 e. The Morgan fingerprint density at radius 3 is 2.59 bits per heavy atom. The standard InChI is InChI=1S/C31H28Cl2FN3O2/c1-19(28-25(32)11-12-26(34)29(28)33)39-27-16-24(17-36-30(27)35)22-7-9-23(10-8-22)31(38)37-14-13-21(18-37)15-20-5-3-2-4-6-20/h2-12,16-17,19,21H,13-15,18H2,1H3,(H2,35,36). The van der Waals surface area contributed by atoms with Crippen molar-refractivity contribution in [2.75, 3.05) is 18.8 Å². The van der Waals surface area contributed by atoms with Crippen LogP contribution in [0.4, 0.5) is 10.2 Å². The summed E-state index contributed by atoms with van der Waals surface area (Å²) in [7, 11) is 0. The number of carbonyl (C=O) groups excluding carboxylic acids is 1. The molecule has 1 saturated heterocycles. The summed E-state index contributed by atoms with van der Waals surface area (Å²) in [5.41, 5.74) is 9.95. The van der Waals surface area contributed by atoms with E-state index in [1.54, 1.807) is 19.2 Å². The number of likely N-dealkylation sites (tertiary alicyclic amines) is 1. The number of benzene rings is 3. The summed E-state index contributed by atoms with van der Waals surface area (Å²) in [6, 6.07) is 22.2. The SMILES string of the molecule is CC(Oc1cc(-c2ccc(C(=O)N3CCC(Cc4ccccc4)C3)cc2)cnc1N)c1c(Cl)ccc(F)c1Cl. The lowest BCUT2D eigenvalue weighted by molar-refractivity contribution is 0.0787. The van der Waals surface area contributed by atoms with Gasteiger partial charge in [0.05, 0.1) is 5.02 Å². The minimum absolute atomic E-state index is 0.0363. The van der Waals surface area contributed by atoms with Gasteiger partial charge < -0.3 is 15.4 Å². The molecule has 5 rings (SSSR count). The number of nitrogens with two attached hydrogens (primary N) is 1. The summed E-state index contributed by atoms with van der Waals surface area (Å²) in [4.78, 5) is 19.4. The molecule has 1 aliphatic rings. The van der Waals surface area contributed by atoms with E-state index in [0.717, 1.165) is 37.1 Å². The van der Waals surface area contributed by atoms with Crippen LogP contribution in [-0.2, 0) is 6.42 Å². The number of carbonyl (C=O) groups is 1. The number of anilines is 1. The molecule has 1 fully saturated rings. The van der Waals surface area contributed by atoms with Gasteiger partial charge in [-0.3, -0.25) is 4.79 Å². The second-order valence-corrected chi connectivity index (χ2v) is 10.6. The Hall–Kier alpha value is -3.61. The van der Waals surface area contributed by atoms with Crippen molar-refractivity contribution in [3.05, 3.63) is 112 Å². The number of nitrogens with zero attached hydrogens (tertiary/aromatic N) is 2. The monoisotopic (exact) mass is 563 g/mol. The first kappa shape index (κ1) is 27.0. The van der Waals surface area contributed by atoms with Gasteiger partial charge in [0.25, 0.3) is 5.91 Å². The minimum atomic E-state index is -0.675. The first-order valence-corrected chi connectivity index (χ1v) is 13.5. The van der Waals surface area contributed by atoms with E-state index >= 15 is 0 Å². The predicted octanol–water partition coefficient (Wildman–Crippen LogP) is 7.62. The van der Waals surface area contributed by atoms with Gasteiger partial charge in [-0.1, -0.05) is 65.7 Å². The van der Waals surface area contributed by atoms with Crippen molar-refractivity contribution in [1.29, 1.82) is 0 Å². The fourth-order valence-corrected chi connectivity index (χ4v) is 5.67. The molecule has 2 unspecified atom stereocenters. The summed E-state index contributed by atoms with van der Waals surface area (Å²) < 4.78 is 20.0.